The zero-order valence-electron chi connectivity index (χ0n) is 15.2. The minimum Gasteiger partial charge on any atom is -0.356 e. The lowest BCUT2D eigenvalue weighted by atomic mass is 10.0. The lowest BCUT2D eigenvalue weighted by Gasteiger charge is -2.33. The molecule has 1 atom stereocenters. The summed E-state index contributed by atoms with van der Waals surface area (Å²) in [7, 11) is 1.83. The van der Waals surface area contributed by atoms with Gasteiger partial charge in [-0.05, 0) is 39.7 Å². The molecule has 1 aliphatic heterocycles. The van der Waals surface area contributed by atoms with Crippen LogP contribution in [0.4, 0.5) is 0 Å². The molecule has 5 nitrogen and oxygen atoms in total. The van der Waals surface area contributed by atoms with Crippen molar-refractivity contribution in [3.8, 4) is 0 Å². The van der Waals surface area contributed by atoms with Crippen LogP contribution in [-0.4, -0.2) is 55.1 Å². The predicted molar refractivity (Wildman–Crippen MR) is 115 cm³/mol. The van der Waals surface area contributed by atoms with E-state index in [-0.39, 0.29) is 24.0 Å². The van der Waals surface area contributed by atoms with Gasteiger partial charge < -0.3 is 15.5 Å². The first-order valence-electron chi connectivity index (χ1n) is 8.78. The molecule has 0 aliphatic carbocycles. The Morgan fingerprint density at radius 2 is 2.17 bits per heavy atom. The number of aromatic nitrogens is 1. The molecule has 0 amide bonds. The van der Waals surface area contributed by atoms with E-state index in [1.54, 1.807) is 11.3 Å². The van der Waals surface area contributed by atoms with E-state index in [0.717, 1.165) is 48.6 Å². The topological polar surface area (TPSA) is 52.6 Å². The molecule has 24 heavy (non-hydrogen) atoms. The Kier molecular flexibility index (Phi) is 10.8. The molecule has 0 bridgehead atoms. The van der Waals surface area contributed by atoms with Crippen molar-refractivity contribution in [1.82, 2.24) is 20.5 Å². The normalized spacial score (nSPS) is 19.0. The van der Waals surface area contributed by atoms with Crippen LogP contribution >= 0.6 is 35.3 Å². The first kappa shape index (κ1) is 21.6. The second kappa shape index (κ2) is 12.0. The van der Waals surface area contributed by atoms with Crippen molar-refractivity contribution in [2.24, 2.45) is 4.99 Å². The molecule has 1 aliphatic rings. The van der Waals surface area contributed by atoms with E-state index in [1.807, 2.05) is 14.0 Å². The highest BCUT2D eigenvalue weighted by Gasteiger charge is 2.17. The number of aliphatic imine (C=N–C) groups is 1. The fourth-order valence-electron chi connectivity index (χ4n) is 3.03. The van der Waals surface area contributed by atoms with Gasteiger partial charge in [0.2, 0.25) is 0 Å². The van der Waals surface area contributed by atoms with E-state index in [9.17, 15) is 0 Å². The fraction of sp³-hybridized carbons (Fsp3) is 0.765. The Morgan fingerprint density at radius 1 is 1.38 bits per heavy atom. The maximum atomic E-state index is 4.48. The van der Waals surface area contributed by atoms with Gasteiger partial charge in [0.1, 0.15) is 0 Å². The van der Waals surface area contributed by atoms with Crippen molar-refractivity contribution in [2.45, 2.75) is 52.0 Å². The molecular formula is C17H32IN5S. The average molecular weight is 465 g/mol. The van der Waals surface area contributed by atoms with Gasteiger partial charge in [-0.15, -0.1) is 35.3 Å². The van der Waals surface area contributed by atoms with Crippen molar-refractivity contribution < 1.29 is 0 Å². The summed E-state index contributed by atoms with van der Waals surface area (Å²) in [5.41, 5.74) is 1.16. The number of piperidine rings is 1. The summed E-state index contributed by atoms with van der Waals surface area (Å²) in [6.07, 6.45) is 6.21. The van der Waals surface area contributed by atoms with E-state index in [0.29, 0.717) is 0 Å². The van der Waals surface area contributed by atoms with Gasteiger partial charge in [-0.1, -0.05) is 6.42 Å². The van der Waals surface area contributed by atoms with Crippen LogP contribution in [0.25, 0.3) is 0 Å². The van der Waals surface area contributed by atoms with Crippen molar-refractivity contribution in [1.29, 1.82) is 0 Å². The molecule has 2 heterocycles. The van der Waals surface area contributed by atoms with Crippen LogP contribution < -0.4 is 10.6 Å². The number of nitrogens with one attached hydrogen (secondary N) is 2. The number of aryl methyl sites for hydroxylation is 1. The third kappa shape index (κ3) is 7.65. The van der Waals surface area contributed by atoms with Crippen molar-refractivity contribution in [3.63, 3.8) is 0 Å². The number of hydrogen-bond acceptors (Lipinski definition) is 4. The summed E-state index contributed by atoms with van der Waals surface area (Å²) in [5, 5.41) is 10.0. The monoisotopic (exact) mass is 465 g/mol. The van der Waals surface area contributed by atoms with Crippen LogP contribution in [0.3, 0.4) is 0 Å². The maximum absolute atomic E-state index is 4.48. The van der Waals surface area contributed by atoms with Crippen molar-refractivity contribution in [3.05, 3.63) is 16.1 Å². The molecule has 0 spiro atoms. The molecule has 1 aromatic rings. The van der Waals surface area contributed by atoms with Crippen molar-refractivity contribution >= 4 is 41.3 Å². The first-order valence-corrected chi connectivity index (χ1v) is 9.66. The summed E-state index contributed by atoms with van der Waals surface area (Å²) in [4.78, 5) is 11.4. The summed E-state index contributed by atoms with van der Waals surface area (Å²) >= 11 is 1.71. The lowest BCUT2D eigenvalue weighted by molar-refractivity contribution is 0.159. The summed E-state index contributed by atoms with van der Waals surface area (Å²) in [6, 6.07) is 0.753. The molecule has 1 unspecified atom stereocenters. The molecule has 138 valence electrons. The third-order valence-corrected chi connectivity index (χ3v) is 5.24. The summed E-state index contributed by atoms with van der Waals surface area (Å²) in [5.74, 6) is 0.892. The summed E-state index contributed by atoms with van der Waals surface area (Å²) in [6.45, 7) is 8.69. The highest BCUT2D eigenvalue weighted by atomic mass is 127. The van der Waals surface area contributed by atoms with Crippen LogP contribution in [0.15, 0.2) is 10.4 Å². The summed E-state index contributed by atoms with van der Waals surface area (Å²) < 4.78 is 0. The predicted octanol–water partition coefficient (Wildman–Crippen LogP) is 3.04. The fourth-order valence-corrected chi connectivity index (χ4v) is 3.68. The Morgan fingerprint density at radius 3 is 2.83 bits per heavy atom. The molecule has 1 fully saturated rings. The van der Waals surface area contributed by atoms with Gasteiger partial charge in [0.05, 0.1) is 10.7 Å². The molecule has 1 saturated heterocycles. The Bertz CT molecular complexity index is 491. The molecule has 7 heteroatoms. The van der Waals surface area contributed by atoms with E-state index in [1.165, 1.54) is 32.4 Å². The molecule has 2 N–H and O–H groups in total. The number of nitrogens with zero attached hydrogens (tertiary/aromatic N) is 3. The zero-order chi connectivity index (χ0) is 16.5. The van der Waals surface area contributed by atoms with Gasteiger partial charge in [0.25, 0.3) is 0 Å². The number of halogens is 1. The Labute approximate surface area is 167 Å². The van der Waals surface area contributed by atoms with Gasteiger partial charge >= 0.3 is 0 Å². The van der Waals surface area contributed by atoms with E-state index in [4.69, 9.17) is 0 Å². The van der Waals surface area contributed by atoms with Crippen LogP contribution in [0, 0.1) is 6.92 Å². The average Bonchev–Trinajstić information content (AvgIpc) is 2.96. The number of guanidine groups is 1. The molecule has 0 saturated carbocycles. The van der Waals surface area contributed by atoms with E-state index >= 15 is 0 Å². The molecule has 0 aromatic carbocycles. The maximum Gasteiger partial charge on any atom is 0.190 e. The number of thiazole rings is 1. The Hall–Kier alpha value is -0.410. The number of rotatable bonds is 7. The van der Waals surface area contributed by atoms with Gasteiger partial charge in [0.15, 0.2) is 5.96 Å². The highest BCUT2D eigenvalue weighted by molar-refractivity contribution is 14.0. The zero-order valence-corrected chi connectivity index (χ0v) is 18.3. The smallest absolute Gasteiger partial charge is 0.190 e. The van der Waals surface area contributed by atoms with Gasteiger partial charge in [-0.3, -0.25) is 4.99 Å². The minimum absolute atomic E-state index is 0. The van der Waals surface area contributed by atoms with Crippen LogP contribution in [0.2, 0.25) is 0 Å². The molecular weight excluding hydrogens is 433 g/mol. The minimum atomic E-state index is 0. The lowest BCUT2D eigenvalue weighted by Crippen LogP contribution is -2.41. The molecule has 2 rings (SSSR count). The third-order valence-electron chi connectivity index (χ3n) is 4.42. The van der Waals surface area contributed by atoms with Gasteiger partial charge in [0, 0.05) is 44.5 Å². The number of likely N-dealkylation sites (tertiary alicyclic amines) is 1. The SMILES string of the molecule is CN=C(NCCCN1CCCCC1C)NCCc1csc(C)n1.I. The van der Waals surface area contributed by atoms with Crippen LogP contribution in [-0.2, 0) is 6.42 Å². The van der Waals surface area contributed by atoms with Crippen molar-refractivity contribution in [2.75, 3.05) is 33.2 Å². The second-order valence-corrected chi connectivity index (χ2v) is 7.33. The Balaban J connectivity index is 0.00000288. The van der Waals surface area contributed by atoms with Gasteiger partial charge in [-0.2, -0.15) is 0 Å². The van der Waals surface area contributed by atoms with E-state index in [2.05, 4.69) is 37.8 Å². The number of hydrogen-bond donors (Lipinski definition) is 2. The standard InChI is InChI=1S/C17H31N5S.HI/c1-14-7-4-5-11-22(14)12-6-9-19-17(18-3)20-10-8-16-13-23-15(2)21-16;/h13-14H,4-12H2,1-3H3,(H2,18,19,20);1H. The second-order valence-electron chi connectivity index (χ2n) is 6.27. The van der Waals surface area contributed by atoms with E-state index < -0.39 is 0 Å². The quantitative estimate of drug-likeness (QED) is 0.281. The first-order chi connectivity index (χ1) is 11.2. The van der Waals surface area contributed by atoms with Crippen LogP contribution in [0.5, 0.6) is 0 Å². The molecule has 1 aromatic heterocycles. The highest BCUT2D eigenvalue weighted by Crippen LogP contribution is 2.16. The van der Waals surface area contributed by atoms with Crippen LogP contribution in [0.1, 0.15) is 43.3 Å². The largest absolute Gasteiger partial charge is 0.356 e. The van der Waals surface area contributed by atoms with Gasteiger partial charge in [-0.25, -0.2) is 4.98 Å². The molecule has 0 radical (unpaired) electrons.